The van der Waals surface area contributed by atoms with Crippen molar-refractivity contribution in [1.82, 2.24) is 0 Å². The Morgan fingerprint density at radius 2 is 1.48 bits per heavy atom. The number of hydrogen-bond donors (Lipinski definition) is 0. The second-order valence-electron chi connectivity index (χ2n) is 4.95. The number of hydrogen-bond acceptors (Lipinski definition) is 3. The number of allylic oxidation sites excluding steroid dienone is 2. The van der Waals surface area contributed by atoms with Crippen LogP contribution in [0.25, 0.3) is 11.1 Å². The molecule has 0 radical (unpaired) electrons. The van der Waals surface area contributed by atoms with Crippen LogP contribution < -0.4 is 9.47 Å². The lowest BCUT2D eigenvalue weighted by atomic mass is 9.89. The van der Waals surface area contributed by atoms with Crippen molar-refractivity contribution in [2.75, 3.05) is 6.61 Å². The van der Waals surface area contributed by atoms with Crippen molar-refractivity contribution in [3.63, 3.8) is 0 Å². The third-order valence-corrected chi connectivity index (χ3v) is 3.62. The van der Waals surface area contributed by atoms with Crippen LogP contribution >= 0.6 is 0 Å². The molecule has 0 saturated heterocycles. The largest absolute Gasteiger partial charge is 0.485 e. The summed E-state index contributed by atoms with van der Waals surface area (Å²) in [6, 6.07) is 15.4. The van der Waals surface area contributed by atoms with Crippen LogP contribution in [-0.4, -0.2) is 12.4 Å². The lowest BCUT2D eigenvalue weighted by molar-refractivity contribution is -0.116. The van der Waals surface area contributed by atoms with Crippen molar-refractivity contribution in [3.8, 4) is 11.5 Å². The Hall–Kier alpha value is -2.81. The van der Waals surface area contributed by atoms with Gasteiger partial charge in [-0.25, -0.2) is 0 Å². The van der Waals surface area contributed by atoms with Gasteiger partial charge in [-0.2, -0.15) is 0 Å². The molecule has 0 fully saturated rings. The minimum absolute atomic E-state index is 0.0524. The van der Waals surface area contributed by atoms with Crippen molar-refractivity contribution in [2.24, 2.45) is 0 Å². The van der Waals surface area contributed by atoms with E-state index in [2.05, 4.69) is 0 Å². The molecule has 2 aliphatic heterocycles. The molecule has 0 amide bonds. The van der Waals surface area contributed by atoms with E-state index in [9.17, 15) is 4.79 Å². The fourth-order valence-corrected chi connectivity index (χ4v) is 2.65. The lowest BCUT2D eigenvalue weighted by Crippen LogP contribution is -2.14. The summed E-state index contributed by atoms with van der Waals surface area (Å²) >= 11 is 0. The van der Waals surface area contributed by atoms with E-state index in [1.54, 1.807) is 12.3 Å². The van der Waals surface area contributed by atoms with Gasteiger partial charge in [-0.3, -0.25) is 4.79 Å². The van der Waals surface area contributed by atoms with Crippen LogP contribution in [0.15, 0.2) is 60.9 Å². The van der Waals surface area contributed by atoms with Gasteiger partial charge in [-0.05, 0) is 18.2 Å². The predicted molar refractivity (Wildman–Crippen MR) is 80.0 cm³/mol. The standard InChI is InChI=1S/C18H12O3/c19-12-9-15-13-5-1-3-7-17(13)21-11-16(15)14-6-2-4-8-18(14)20-10-12/h1-9,11H,10H2/b15-9-. The van der Waals surface area contributed by atoms with E-state index in [1.807, 2.05) is 48.5 Å². The zero-order chi connectivity index (χ0) is 14.2. The van der Waals surface area contributed by atoms with Crippen molar-refractivity contribution < 1.29 is 14.3 Å². The average molecular weight is 276 g/mol. The maximum Gasteiger partial charge on any atom is 0.193 e. The summed E-state index contributed by atoms with van der Waals surface area (Å²) < 4.78 is 11.3. The molecule has 0 aromatic heterocycles. The molecule has 102 valence electrons. The molecule has 2 aliphatic rings. The SMILES string of the molecule is O=C1/C=C2\C(=COc3ccccc32)c2ccccc2OC1. The second kappa shape index (κ2) is 4.63. The average Bonchev–Trinajstić information content (AvgIpc) is 2.52. The fraction of sp³-hybridized carbons (Fsp3) is 0.0556. The molecule has 0 unspecified atom stereocenters. The molecule has 2 aromatic rings. The van der Waals surface area contributed by atoms with E-state index in [0.29, 0.717) is 5.75 Å². The summed E-state index contributed by atoms with van der Waals surface area (Å²) in [5, 5.41) is 0. The molecule has 0 spiro atoms. The lowest BCUT2D eigenvalue weighted by Gasteiger charge is -2.24. The molecule has 21 heavy (non-hydrogen) atoms. The van der Waals surface area contributed by atoms with Crippen LogP contribution in [0, 0.1) is 0 Å². The van der Waals surface area contributed by atoms with E-state index >= 15 is 0 Å². The summed E-state index contributed by atoms with van der Waals surface area (Å²) in [5.74, 6) is 1.41. The molecular weight excluding hydrogens is 264 g/mol. The minimum Gasteiger partial charge on any atom is -0.485 e. The molecule has 2 heterocycles. The Morgan fingerprint density at radius 1 is 0.810 bits per heavy atom. The Labute approximate surface area is 122 Å². The molecule has 4 rings (SSSR count). The Morgan fingerprint density at radius 3 is 2.29 bits per heavy atom. The second-order valence-corrected chi connectivity index (χ2v) is 4.95. The van der Waals surface area contributed by atoms with Gasteiger partial charge in [0.15, 0.2) is 12.4 Å². The summed E-state index contributed by atoms with van der Waals surface area (Å²) in [5.41, 5.74) is 3.63. The zero-order valence-electron chi connectivity index (χ0n) is 11.2. The zero-order valence-corrected chi connectivity index (χ0v) is 11.2. The highest BCUT2D eigenvalue weighted by molar-refractivity contribution is 6.15. The first-order chi connectivity index (χ1) is 10.3. The van der Waals surface area contributed by atoms with E-state index in [-0.39, 0.29) is 12.4 Å². The van der Waals surface area contributed by atoms with Crippen LogP contribution in [0.1, 0.15) is 11.1 Å². The number of carbonyl (C=O) groups is 1. The first-order valence-electron chi connectivity index (χ1n) is 6.76. The third kappa shape index (κ3) is 1.94. The molecule has 0 aliphatic carbocycles. The monoisotopic (exact) mass is 276 g/mol. The Balaban J connectivity index is 1.97. The van der Waals surface area contributed by atoms with Gasteiger partial charge >= 0.3 is 0 Å². The van der Waals surface area contributed by atoms with Gasteiger partial charge in [-0.1, -0.05) is 36.4 Å². The highest BCUT2D eigenvalue weighted by Gasteiger charge is 2.24. The number of ether oxygens (including phenoxy) is 2. The van der Waals surface area contributed by atoms with Crippen molar-refractivity contribution in [2.45, 2.75) is 0 Å². The quantitative estimate of drug-likeness (QED) is 0.739. The molecule has 0 bridgehead atoms. The van der Waals surface area contributed by atoms with Gasteiger partial charge in [0, 0.05) is 22.3 Å². The number of fused-ring (bicyclic) bond motifs is 5. The Kier molecular flexibility index (Phi) is 2.64. The minimum atomic E-state index is -0.0536. The van der Waals surface area contributed by atoms with Gasteiger partial charge in [0.1, 0.15) is 11.5 Å². The van der Waals surface area contributed by atoms with Crippen molar-refractivity contribution >= 4 is 16.9 Å². The van der Waals surface area contributed by atoms with Gasteiger partial charge in [-0.15, -0.1) is 0 Å². The first-order valence-corrected chi connectivity index (χ1v) is 6.76. The number of benzene rings is 2. The molecule has 3 heteroatoms. The third-order valence-electron chi connectivity index (χ3n) is 3.62. The highest BCUT2D eigenvalue weighted by Crippen LogP contribution is 2.43. The van der Waals surface area contributed by atoms with Crippen LogP contribution in [-0.2, 0) is 4.79 Å². The smallest absolute Gasteiger partial charge is 0.193 e. The van der Waals surface area contributed by atoms with E-state index in [0.717, 1.165) is 28.0 Å². The van der Waals surface area contributed by atoms with Gasteiger partial charge < -0.3 is 9.47 Å². The maximum atomic E-state index is 12.0. The summed E-state index contributed by atoms with van der Waals surface area (Å²) in [4.78, 5) is 12.0. The van der Waals surface area contributed by atoms with Gasteiger partial charge in [0.2, 0.25) is 0 Å². The summed E-state index contributed by atoms with van der Waals surface area (Å²) in [7, 11) is 0. The normalized spacial score (nSPS) is 18.4. The summed E-state index contributed by atoms with van der Waals surface area (Å²) in [6.07, 6.45) is 3.33. The number of rotatable bonds is 0. The first kappa shape index (κ1) is 12.0. The van der Waals surface area contributed by atoms with E-state index in [4.69, 9.17) is 9.47 Å². The van der Waals surface area contributed by atoms with Crippen molar-refractivity contribution in [1.29, 1.82) is 0 Å². The molecule has 0 N–H and O–H groups in total. The Bertz CT molecular complexity index is 800. The van der Waals surface area contributed by atoms with Crippen molar-refractivity contribution in [3.05, 3.63) is 72.0 Å². The molecule has 2 aromatic carbocycles. The van der Waals surface area contributed by atoms with Crippen LogP contribution in [0.5, 0.6) is 11.5 Å². The molecular formula is C18H12O3. The molecule has 3 nitrogen and oxygen atoms in total. The van der Waals surface area contributed by atoms with Crippen LogP contribution in [0.2, 0.25) is 0 Å². The fourth-order valence-electron chi connectivity index (χ4n) is 2.65. The summed E-state index contributed by atoms with van der Waals surface area (Å²) in [6.45, 7) is 0.0524. The van der Waals surface area contributed by atoms with E-state index < -0.39 is 0 Å². The van der Waals surface area contributed by atoms with Gasteiger partial charge in [0.05, 0.1) is 6.26 Å². The number of carbonyl (C=O) groups excluding carboxylic acids is 1. The number of ketones is 1. The molecule has 0 saturated carbocycles. The maximum absolute atomic E-state index is 12.0. The highest BCUT2D eigenvalue weighted by atomic mass is 16.5. The number of para-hydroxylation sites is 2. The van der Waals surface area contributed by atoms with Crippen LogP contribution in [0.3, 0.4) is 0 Å². The predicted octanol–water partition coefficient (Wildman–Crippen LogP) is 3.47. The topological polar surface area (TPSA) is 35.5 Å². The van der Waals surface area contributed by atoms with E-state index in [1.165, 1.54) is 0 Å². The molecule has 0 atom stereocenters. The van der Waals surface area contributed by atoms with Crippen LogP contribution in [0.4, 0.5) is 0 Å². The van der Waals surface area contributed by atoms with Gasteiger partial charge in [0.25, 0.3) is 0 Å².